The summed E-state index contributed by atoms with van der Waals surface area (Å²) in [5, 5.41) is 0. The van der Waals surface area contributed by atoms with E-state index in [1.165, 1.54) is 5.57 Å². The summed E-state index contributed by atoms with van der Waals surface area (Å²) in [6, 6.07) is 7.21. The molecule has 0 unspecified atom stereocenters. The standard InChI is InChI=1S/C15H14O2/c1-9-6-7-12-13(8-9)15(17)11-5-3-2-4-10(11)14(12)16/h2-6,12-13H,7-8H2,1H3/t12-,13+/m0/s1. The monoisotopic (exact) mass is 226 g/mol. The summed E-state index contributed by atoms with van der Waals surface area (Å²) in [7, 11) is 0. The first-order valence-electron chi connectivity index (χ1n) is 6.01. The molecule has 0 N–H and O–H groups in total. The molecule has 86 valence electrons. The highest BCUT2D eigenvalue weighted by Crippen LogP contribution is 2.38. The molecule has 0 amide bonds. The summed E-state index contributed by atoms with van der Waals surface area (Å²) < 4.78 is 0. The molecule has 3 rings (SSSR count). The van der Waals surface area contributed by atoms with E-state index in [-0.39, 0.29) is 23.4 Å². The van der Waals surface area contributed by atoms with Crippen LogP contribution in [0.4, 0.5) is 0 Å². The minimum Gasteiger partial charge on any atom is -0.294 e. The summed E-state index contributed by atoms with van der Waals surface area (Å²) in [6.45, 7) is 2.04. The lowest BCUT2D eigenvalue weighted by molar-refractivity contribution is 0.0725. The van der Waals surface area contributed by atoms with E-state index in [0.29, 0.717) is 11.1 Å². The average Bonchev–Trinajstić information content (AvgIpc) is 2.36. The first-order valence-corrected chi connectivity index (χ1v) is 6.01. The molecule has 2 nitrogen and oxygen atoms in total. The van der Waals surface area contributed by atoms with Gasteiger partial charge in [0, 0.05) is 23.0 Å². The van der Waals surface area contributed by atoms with Gasteiger partial charge in [-0.25, -0.2) is 0 Å². The summed E-state index contributed by atoms with van der Waals surface area (Å²) in [6.07, 6.45) is 3.55. The molecule has 0 radical (unpaired) electrons. The van der Waals surface area contributed by atoms with Gasteiger partial charge in [-0.2, -0.15) is 0 Å². The minimum absolute atomic E-state index is 0.123. The fourth-order valence-electron chi connectivity index (χ4n) is 2.94. The number of allylic oxidation sites excluding steroid dienone is 2. The quantitative estimate of drug-likeness (QED) is 0.637. The Hall–Kier alpha value is -1.70. The maximum Gasteiger partial charge on any atom is 0.167 e. The second kappa shape index (κ2) is 3.66. The highest BCUT2D eigenvalue weighted by Gasteiger charge is 2.41. The van der Waals surface area contributed by atoms with E-state index in [2.05, 4.69) is 6.08 Å². The van der Waals surface area contributed by atoms with Gasteiger partial charge in [0.25, 0.3) is 0 Å². The Bertz CT molecular complexity index is 540. The van der Waals surface area contributed by atoms with Crippen molar-refractivity contribution in [2.45, 2.75) is 19.8 Å². The van der Waals surface area contributed by atoms with Crippen molar-refractivity contribution in [2.75, 3.05) is 0 Å². The van der Waals surface area contributed by atoms with Crippen molar-refractivity contribution >= 4 is 11.6 Å². The fourth-order valence-corrected chi connectivity index (χ4v) is 2.94. The number of rotatable bonds is 0. The number of ketones is 2. The van der Waals surface area contributed by atoms with E-state index in [1.807, 2.05) is 19.1 Å². The van der Waals surface area contributed by atoms with Crippen molar-refractivity contribution < 1.29 is 9.59 Å². The van der Waals surface area contributed by atoms with Crippen molar-refractivity contribution in [2.24, 2.45) is 11.8 Å². The van der Waals surface area contributed by atoms with Gasteiger partial charge in [0.05, 0.1) is 0 Å². The van der Waals surface area contributed by atoms with Crippen molar-refractivity contribution in [3.05, 3.63) is 47.0 Å². The zero-order valence-corrected chi connectivity index (χ0v) is 9.77. The lowest BCUT2D eigenvalue weighted by Crippen LogP contribution is -2.38. The predicted octanol–water partition coefficient (Wildman–Crippen LogP) is 3.04. The van der Waals surface area contributed by atoms with Crippen LogP contribution in [-0.2, 0) is 0 Å². The van der Waals surface area contributed by atoms with Crippen LogP contribution >= 0.6 is 0 Å². The molecular formula is C15H14O2. The zero-order chi connectivity index (χ0) is 12.0. The molecule has 0 saturated carbocycles. The van der Waals surface area contributed by atoms with Crippen molar-refractivity contribution in [1.82, 2.24) is 0 Å². The fraction of sp³-hybridized carbons (Fsp3) is 0.333. The molecule has 1 aromatic rings. The Balaban J connectivity index is 2.12. The van der Waals surface area contributed by atoms with Crippen LogP contribution in [0.2, 0.25) is 0 Å². The Morgan fingerprint density at radius 1 is 1.00 bits per heavy atom. The average molecular weight is 226 g/mol. The van der Waals surface area contributed by atoms with Crippen LogP contribution < -0.4 is 0 Å². The number of hydrogen-bond acceptors (Lipinski definition) is 2. The van der Waals surface area contributed by atoms with Gasteiger partial charge < -0.3 is 0 Å². The molecule has 0 aliphatic heterocycles. The van der Waals surface area contributed by atoms with Crippen molar-refractivity contribution in [1.29, 1.82) is 0 Å². The number of Topliss-reactive ketones (excluding diaryl/α,β-unsaturated/α-hetero) is 2. The molecular weight excluding hydrogens is 212 g/mol. The molecule has 0 bridgehead atoms. The zero-order valence-electron chi connectivity index (χ0n) is 9.77. The summed E-state index contributed by atoms with van der Waals surface area (Å²) in [5.74, 6) is 0.0510. The lowest BCUT2D eigenvalue weighted by Gasteiger charge is -2.33. The summed E-state index contributed by atoms with van der Waals surface area (Å²) in [5.41, 5.74) is 2.46. The maximum atomic E-state index is 12.4. The van der Waals surface area contributed by atoms with Crippen LogP contribution in [0, 0.1) is 11.8 Å². The van der Waals surface area contributed by atoms with Gasteiger partial charge in [0.1, 0.15) is 0 Å². The SMILES string of the molecule is CC1=CC[C@@H]2C(=O)c3ccccc3C(=O)[C@@H]2C1. The molecule has 17 heavy (non-hydrogen) atoms. The molecule has 0 aromatic heterocycles. The Kier molecular flexibility index (Phi) is 2.25. The largest absolute Gasteiger partial charge is 0.294 e. The smallest absolute Gasteiger partial charge is 0.167 e. The molecule has 0 spiro atoms. The van der Waals surface area contributed by atoms with Crippen molar-refractivity contribution in [3.8, 4) is 0 Å². The molecule has 2 heteroatoms. The number of carbonyl (C=O) groups excluding carboxylic acids is 2. The topological polar surface area (TPSA) is 34.1 Å². The van der Waals surface area contributed by atoms with E-state index in [1.54, 1.807) is 12.1 Å². The van der Waals surface area contributed by atoms with Crippen LogP contribution in [0.15, 0.2) is 35.9 Å². The van der Waals surface area contributed by atoms with E-state index in [0.717, 1.165) is 12.8 Å². The Morgan fingerprint density at radius 3 is 2.24 bits per heavy atom. The van der Waals surface area contributed by atoms with Crippen molar-refractivity contribution in [3.63, 3.8) is 0 Å². The van der Waals surface area contributed by atoms with Crippen LogP contribution in [0.1, 0.15) is 40.5 Å². The van der Waals surface area contributed by atoms with Gasteiger partial charge in [-0.3, -0.25) is 9.59 Å². The maximum absolute atomic E-state index is 12.4. The van der Waals surface area contributed by atoms with E-state index in [4.69, 9.17) is 0 Å². The Labute approximate surface area is 100 Å². The van der Waals surface area contributed by atoms with Gasteiger partial charge in [0.2, 0.25) is 0 Å². The molecule has 1 aromatic carbocycles. The lowest BCUT2D eigenvalue weighted by atomic mass is 9.68. The second-order valence-electron chi connectivity index (χ2n) is 4.98. The van der Waals surface area contributed by atoms with Gasteiger partial charge >= 0.3 is 0 Å². The molecule has 0 saturated heterocycles. The predicted molar refractivity (Wildman–Crippen MR) is 65.1 cm³/mol. The third kappa shape index (κ3) is 1.47. The normalized spacial score (nSPS) is 27.2. The van der Waals surface area contributed by atoms with Crippen LogP contribution in [0.3, 0.4) is 0 Å². The third-order valence-electron chi connectivity index (χ3n) is 3.88. The first kappa shape index (κ1) is 10.5. The molecule has 0 heterocycles. The van der Waals surface area contributed by atoms with Gasteiger partial charge in [-0.1, -0.05) is 35.9 Å². The van der Waals surface area contributed by atoms with E-state index in [9.17, 15) is 9.59 Å². The number of fused-ring (bicyclic) bond motifs is 2. The molecule has 2 aliphatic rings. The minimum atomic E-state index is -0.124. The van der Waals surface area contributed by atoms with Crippen LogP contribution in [-0.4, -0.2) is 11.6 Å². The second-order valence-corrected chi connectivity index (χ2v) is 4.98. The van der Waals surface area contributed by atoms with Gasteiger partial charge in [-0.15, -0.1) is 0 Å². The third-order valence-corrected chi connectivity index (χ3v) is 3.88. The summed E-state index contributed by atoms with van der Waals surface area (Å²) in [4.78, 5) is 24.7. The number of carbonyl (C=O) groups is 2. The highest BCUT2D eigenvalue weighted by atomic mass is 16.1. The van der Waals surface area contributed by atoms with Crippen LogP contribution in [0.5, 0.6) is 0 Å². The van der Waals surface area contributed by atoms with E-state index < -0.39 is 0 Å². The molecule has 2 aliphatic carbocycles. The highest BCUT2D eigenvalue weighted by molar-refractivity contribution is 6.16. The number of hydrogen-bond donors (Lipinski definition) is 0. The summed E-state index contributed by atoms with van der Waals surface area (Å²) >= 11 is 0. The van der Waals surface area contributed by atoms with Gasteiger partial charge in [0.15, 0.2) is 11.6 Å². The van der Waals surface area contributed by atoms with Crippen LogP contribution in [0.25, 0.3) is 0 Å². The van der Waals surface area contributed by atoms with E-state index >= 15 is 0 Å². The number of benzene rings is 1. The van der Waals surface area contributed by atoms with Gasteiger partial charge in [-0.05, 0) is 19.8 Å². The Morgan fingerprint density at radius 2 is 1.59 bits per heavy atom. The first-order chi connectivity index (χ1) is 8.18. The molecule has 2 atom stereocenters. The molecule has 0 fully saturated rings.